The number of nitrogens with one attached hydrogen (secondary N) is 2. The second kappa shape index (κ2) is 17.1. The van der Waals surface area contributed by atoms with Crippen molar-refractivity contribution in [2.75, 3.05) is 26.8 Å². The van der Waals surface area contributed by atoms with Gasteiger partial charge in [-0.2, -0.15) is 0 Å². The molecule has 0 bridgehead atoms. The Hall–Kier alpha value is -2.98. The van der Waals surface area contributed by atoms with Crippen LogP contribution in [-0.4, -0.2) is 82.6 Å². The molecule has 2 amide bonds. The predicted molar refractivity (Wildman–Crippen MR) is 160 cm³/mol. The first-order valence-corrected chi connectivity index (χ1v) is 14.5. The Balaban J connectivity index is 2.23. The van der Waals surface area contributed by atoms with Crippen LogP contribution in [0.5, 0.6) is 5.75 Å². The molecule has 0 aliphatic heterocycles. The summed E-state index contributed by atoms with van der Waals surface area (Å²) >= 11 is 0. The Morgan fingerprint density at radius 2 is 1.59 bits per heavy atom. The van der Waals surface area contributed by atoms with Crippen molar-refractivity contribution in [3.63, 3.8) is 0 Å². The highest BCUT2D eigenvalue weighted by Crippen LogP contribution is 2.18. The molecule has 3 unspecified atom stereocenters. The standard InChI is InChI=1S/C32H49N3O6/c1-6-32(21-36,22-37)34-30(39)28(33-31(40)29(18-23(2)3)35(5)17-16-24(4)38)19-25-12-14-27(15-13-25)41-20-26-10-8-7-9-11-26/h7-15,23-24,28-29,36-38H,6,16-22H2,1-5H3,(H,33,40)(H,34,39). The number of carbonyl (C=O) groups excluding carboxylic acids is 2. The Kier molecular flexibility index (Phi) is 14.3. The normalized spacial score (nSPS) is 14.0. The van der Waals surface area contributed by atoms with E-state index < -0.39 is 42.8 Å². The molecule has 0 radical (unpaired) electrons. The first-order valence-electron chi connectivity index (χ1n) is 14.5. The Morgan fingerprint density at radius 1 is 0.951 bits per heavy atom. The summed E-state index contributed by atoms with van der Waals surface area (Å²) in [4.78, 5) is 29.0. The molecule has 0 saturated heterocycles. The minimum Gasteiger partial charge on any atom is -0.489 e. The van der Waals surface area contributed by atoms with Crippen LogP contribution < -0.4 is 15.4 Å². The van der Waals surface area contributed by atoms with Gasteiger partial charge in [0.1, 0.15) is 18.4 Å². The van der Waals surface area contributed by atoms with E-state index in [-0.39, 0.29) is 18.2 Å². The van der Waals surface area contributed by atoms with Crippen LogP contribution in [0.25, 0.3) is 0 Å². The van der Waals surface area contributed by atoms with Crippen LogP contribution in [0.4, 0.5) is 0 Å². The van der Waals surface area contributed by atoms with Gasteiger partial charge in [-0.25, -0.2) is 0 Å². The molecule has 2 aromatic rings. The van der Waals surface area contributed by atoms with Crippen LogP contribution in [0.3, 0.4) is 0 Å². The average Bonchev–Trinajstić information content (AvgIpc) is 2.97. The van der Waals surface area contributed by atoms with E-state index in [1.54, 1.807) is 13.8 Å². The van der Waals surface area contributed by atoms with Gasteiger partial charge in [0.15, 0.2) is 0 Å². The highest BCUT2D eigenvalue weighted by Gasteiger charge is 2.34. The van der Waals surface area contributed by atoms with Crippen molar-refractivity contribution in [1.29, 1.82) is 0 Å². The third-order valence-electron chi connectivity index (χ3n) is 7.34. The first-order chi connectivity index (χ1) is 19.5. The monoisotopic (exact) mass is 571 g/mol. The number of nitrogens with zero attached hydrogens (tertiary/aromatic N) is 1. The third-order valence-corrected chi connectivity index (χ3v) is 7.34. The summed E-state index contributed by atoms with van der Waals surface area (Å²) in [5, 5.41) is 35.3. The van der Waals surface area contributed by atoms with Gasteiger partial charge in [-0.1, -0.05) is 63.2 Å². The number of likely N-dealkylation sites (N-methyl/N-ethyl adjacent to an activating group) is 1. The number of aliphatic hydroxyl groups is 3. The number of amides is 2. The second-order valence-corrected chi connectivity index (χ2v) is 11.4. The lowest BCUT2D eigenvalue weighted by atomic mass is 9.96. The lowest BCUT2D eigenvalue weighted by molar-refractivity contribution is -0.133. The maximum absolute atomic E-state index is 13.6. The predicted octanol–water partition coefficient (Wildman–Crippen LogP) is 2.66. The molecule has 2 rings (SSSR count). The molecule has 0 aliphatic rings. The highest BCUT2D eigenvalue weighted by molar-refractivity contribution is 5.90. The van der Waals surface area contributed by atoms with E-state index in [9.17, 15) is 24.9 Å². The maximum atomic E-state index is 13.6. The molecule has 0 aliphatic carbocycles. The zero-order valence-electron chi connectivity index (χ0n) is 25.2. The van der Waals surface area contributed by atoms with Crippen molar-refractivity contribution in [3.8, 4) is 5.75 Å². The van der Waals surface area contributed by atoms with E-state index in [1.165, 1.54) is 0 Å². The van der Waals surface area contributed by atoms with Gasteiger partial charge in [0, 0.05) is 13.0 Å². The summed E-state index contributed by atoms with van der Waals surface area (Å²) in [5.74, 6) is 0.143. The Labute approximate surface area is 244 Å². The molecule has 41 heavy (non-hydrogen) atoms. The summed E-state index contributed by atoms with van der Waals surface area (Å²) in [6.45, 7) is 7.64. The quantitative estimate of drug-likeness (QED) is 0.186. The van der Waals surface area contributed by atoms with Crippen molar-refractivity contribution in [2.24, 2.45) is 5.92 Å². The van der Waals surface area contributed by atoms with E-state index in [0.29, 0.717) is 38.2 Å². The van der Waals surface area contributed by atoms with Gasteiger partial charge in [0.2, 0.25) is 11.8 Å². The summed E-state index contributed by atoms with van der Waals surface area (Å²) in [5.41, 5.74) is 0.675. The van der Waals surface area contributed by atoms with Crippen molar-refractivity contribution < 1.29 is 29.6 Å². The summed E-state index contributed by atoms with van der Waals surface area (Å²) in [7, 11) is 1.85. The van der Waals surface area contributed by atoms with Crippen LogP contribution in [0, 0.1) is 5.92 Å². The second-order valence-electron chi connectivity index (χ2n) is 11.4. The third kappa shape index (κ3) is 11.4. The van der Waals surface area contributed by atoms with E-state index >= 15 is 0 Å². The zero-order chi connectivity index (χ0) is 30.4. The minimum absolute atomic E-state index is 0.207. The maximum Gasteiger partial charge on any atom is 0.243 e. The van der Waals surface area contributed by atoms with E-state index in [0.717, 1.165) is 11.1 Å². The molecule has 0 heterocycles. The first kappa shape index (κ1) is 34.2. The van der Waals surface area contributed by atoms with Crippen molar-refractivity contribution >= 4 is 11.8 Å². The van der Waals surface area contributed by atoms with E-state index in [1.807, 2.05) is 80.4 Å². The van der Waals surface area contributed by atoms with Crippen LogP contribution in [0.1, 0.15) is 58.1 Å². The van der Waals surface area contributed by atoms with Gasteiger partial charge in [0.25, 0.3) is 0 Å². The van der Waals surface area contributed by atoms with Gasteiger partial charge in [-0.3, -0.25) is 14.5 Å². The smallest absolute Gasteiger partial charge is 0.243 e. The highest BCUT2D eigenvalue weighted by atomic mass is 16.5. The molecule has 0 saturated carbocycles. The molecule has 0 aromatic heterocycles. The largest absolute Gasteiger partial charge is 0.489 e. The van der Waals surface area contributed by atoms with Crippen LogP contribution in [0.2, 0.25) is 0 Å². The van der Waals surface area contributed by atoms with Crippen LogP contribution >= 0.6 is 0 Å². The summed E-state index contributed by atoms with van der Waals surface area (Å²) in [6, 6.07) is 15.8. The van der Waals surface area contributed by atoms with E-state index in [4.69, 9.17) is 4.74 Å². The molecule has 228 valence electrons. The number of hydrogen-bond donors (Lipinski definition) is 5. The summed E-state index contributed by atoms with van der Waals surface area (Å²) < 4.78 is 5.88. The fraction of sp³-hybridized carbons (Fsp3) is 0.562. The zero-order valence-corrected chi connectivity index (χ0v) is 25.2. The molecular weight excluding hydrogens is 522 g/mol. The minimum atomic E-state index is -1.19. The lowest BCUT2D eigenvalue weighted by Crippen LogP contribution is -2.60. The van der Waals surface area contributed by atoms with Gasteiger partial charge in [-0.15, -0.1) is 0 Å². The molecule has 3 atom stereocenters. The van der Waals surface area contributed by atoms with Gasteiger partial charge in [0.05, 0.1) is 30.9 Å². The fourth-order valence-corrected chi connectivity index (χ4v) is 4.45. The Morgan fingerprint density at radius 3 is 2.12 bits per heavy atom. The number of rotatable bonds is 18. The van der Waals surface area contributed by atoms with Crippen LogP contribution in [-0.2, 0) is 22.6 Å². The van der Waals surface area contributed by atoms with Crippen molar-refractivity contribution in [1.82, 2.24) is 15.5 Å². The number of hydrogen-bond acceptors (Lipinski definition) is 7. The van der Waals surface area contributed by atoms with Crippen molar-refractivity contribution in [2.45, 2.75) is 83.7 Å². The molecule has 9 heteroatoms. The van der Waals surface area contributed by atoms with Gasteiger partial charge >= 0.3 is 0 Å². The Bertz CT molecular complexity index is 1030. The van der Waals surface area contributed by atoms with Crippen LogP contribution in [0.15, 0.2) is 54.6 Å². The molecule has 2 aromatic carbocycles. The number of ether oxygens (including phenoxy) is 1. The number of benzene rings is 2. The fourth-order valence-electron chi connectivity index (χ4n) is 4.45. The topological polar surface area (TPSA) is 131 Å². The molecule has 9 nitrogen and oxygen atoms in total. The van der Waals surface area contributed by atoms with E-state index in [2.05, 4.69) is 10.6 Å². The van der Waals surface area contributed by atoms with Gasteiger partial charge in [-0.05, 0) is 62.4 Å². The molecule has 0 fully saturated rings. The molecule has 0 spiro atoms. The molecular formula is C32H49N3O6. The van der Waals surface area contributed by atoms with Gasteiger partial charge < -0.3 is 30.7 Å². The molecule has 5 N–H and O–H groups in total. The number of aliphatic hydroxyl groups excluding tert-OH is 3. The van der Waals surface area contributed by atoms with Crippen molar-refractivity contribution in [3.05, 3.63) is 65.7 Å². The average molecular weight is 572 g/mol. The number of carbonyl (C=O) groups is 2. The SMILES string of the molecule is CCC(CO)(CO)NC(=O)C(Cc1ccc(OCc2ccccc2)cc1)NC(=O)C(CC(C)C)N(C)CCC(C)O. The summed E-state index contributed by atoms with van der Waals surface area (Å²) in [6.07, 6.45) is 1.14. The lowest BCUT2D eigenvalue weighted by Gasteiger charge is -2.33.